The molecule has 4 rings (SSSR count). The summed E-state index contributed by atoms with van der Waals surface area (Å²) in [5.74, 6) is 1.57. The number of carbonyl (C=O) groups is 1. The second-order valence-electron chi connectivity index (χ2n) is 7.99. The summed E-state index contributed by atoms with van der Waals surface area (Å²) < 4.78 is 0. The maximum Gasteiger partial charge on any atom is 0.249 e. The highest BCUT2D eigenvalue weighted by Gasteiger charge is 2.17. The summed E-state index contributed by atoms with van der Waals surface area (Å²) in [6.45, 7) is 4.26. The number of hydrogen-bond donors (Lipinski definition) is 2. The summed E-state index contributed by atoms with van der Waals surface area (Å²) in [5, 5.41) is 5.46. The van der Waals surface area contributed by atoms with Gasteiger partial charge in [-0.1, -0.05) is 12.5 Å². The Morgan fingerprint density at radius 3 is 2.81 bits per heavy atom. The number of benzene rings is 1. The summed E-state index contributed by atoms with van der Waals surface area (Å²) in [6.07, 6.45) is 11.4. The number of amides is 1. The van der Waals surface area contributed by atoms with Gasteiger partial charge < -0.3 is 11.1 Å². The Labute approximate surface area is 187 Å². The third kappa shape index (κ3) is 5.07. The van der Waals surface area contributed by atoms with Crippen LogP contribution in [-0.2, 0) is 4.79 Å². The highest BCUT2D eigenvalue weighted by atomic mass is 32.2. The smallest absolute Gasteiger partial charge is 0.249 e. The van der Waals surface area contributed by atoms with Crippen molar-refractivity contribution in [2.24, 2.45) is 0 Å². The zero-order valence-electron chi connectivity index (χ0n) is 18.0. The molecule has 1 fully saturated rings. The van der Waals surface area contributed by atoms with Gasteiger partial charge in [-0.3, -0.25) is 9.78 Å². The van der Waals surface area contributed by atoms with E-state index in [2.05, 4.69) is 35.2 Å². The minimum absolute atomic E-state index is 0.115. The first-order valence-electron chi connectivity index (χ1n) is 10.8. The van der Waals surface area contributed by atoms with Crippen molar-refractivity contribution in [3.8, 4) is 11.1 Å². The third-order valence-electron chi connectivity index (χ3n) is 5.78. The molecule has 0 saturated heterocycles. The van der Waals surface area contributed by atoms with Gasteiger partial charge in [0.2, 0.25) is 5.91 Å². The molecule has 0 aliphatic heterocycles. The van der Waals surface area contributed by atoms with Gasteiger partial charge in [-0.15, -0.1) is 0 Å². The van der Waals surface area contributed by atoms with Crippen LogP contribution in [0.4, 0.5) is 11.5 Å². The number of nitrogens with zero attached hydrogens (tertiary/aromatic N) is 2. The number of nitrogen functional groups attached to an aromatic ring is 1. The fraction of sp³-hybridized carbons (Fsp3) is 0.320. The van der Waals surface area contributed by atoms with Crippen LogP contribution >= 0.6 is 11.8 Å². The fourth-order valence-electron chi connectivity index (χ4n) is 4.13. The molecule has 0 radical (unpaired) electrons. The Morgan fingerprint density at radius 1 is 1.26 bits per heavy atom. The van der Waals surface area contributed by atoms with Crippen LogP contribution in [0.15, 0.2) is 54.5 Å². The van der Waals surface area contributed by atoms with Crippen LogP contribution < -0.4 is 11.1 Å². The molecule has 3 aromatic rings. The number of aromatic nitrogens is 2. The van der Waals surface area contributed by atoms with Crippen molar-refractivity contribution in [2.45, 2.75) is 44.8 Å². The molecule has 0 atom stereocenters. The van der Waals surface area contributed by atoms with Crippen LogP contribution in [0.1, 0.15) is 38.2 Å². The number of pyridine rings is 2. The number of rotatable bonds is 5. The quantitative estimate of drug-likeness (QED) is 0.396. The lowest BCUT2D eigenvalue weighted by molar-refractivity contribution is -0.112. The number of allylic oxidation sites excluding steroid dienone is 1. The van der Waals surface area contributed by atoms with Crippen molar-refractivity contribution in [3.05, 3.63) is 60.1 Å². The van der Waals surface area contributed by atoms with Crippen LogP contribution in [0, 0.1) is 6.92 Å². The molecule has 31 heavy (non-hydrogen) atoms. The first-order valence-corrected chi connectivity index (χ1v) is 11.8. The molecule has 0 unspecified atom stereocenters. The van der Waals surface area contributed by atoms with E-state index in [0.717, 1.165) is 64.1 Å². The summed E-state index contributed by atoms with van der Waals surface area (Å²) in [6, 6.07) is 7.88. The van der Waals surface area contributed by atoms with Crippen LogP contribution in [0.25, 0.3) is 21.9 Å². The highest BCUT2D eigenvalue weighted by Crippen LogP contribution is 2.32. The van der Waals surface area contributed by atoms with Gasteiger partial charge in [0.1, 0.15) is 5.82 Å². The normalized spacial score (nSPS) is 16.3. The van der Waals surface area contributed by atoms with Gasteiger partial charge in [0.05, 0.1) is 0 Å². The van der Waals surface area contributed by atoms with E-state index in [-0.39, 0.29) is 5.91 Å². The second kappa shape index (κ2) is 9.52. The average molecular weight is 433 g/mol. The van der Waals surface area contributed by atoms with Crippen LogP contribution in [0.5, 0.6) is 0 Å². The van der Waals surface area contributed by atoms with Gasteiger partial charge in [0.25, 0.3) is 0 Å². The predicted molar refractivity (Wildman–Crippen MR) is 131 cm³/mol. The average Bonchev–Trinajstić information content (AvgIpc) is 2.75. The lowest BCUT2D eigenvalue weighted by Gasteiger charge is -2.22. The Balaban J connectivity index is 1.53. The van der Waals surface area contributed by atoms with E-state index in [1.165, 1.54) is 5.57 Å². The minimum Gasteiger partial charge on any atom is -0.398 e. The molecule has 0 spiro atoms. The molecule has 1 aliphatic carbocycles. The zero-order chi connectivity index (χ0) is 21.8. The molecule has 1 aromatic carbocycles. The molecular weight excluding hydrogens is 404 g/mol. The van der Waals surface area contributed by atoms with E-state index in [0.29, 0.717) is 11.5 Å². The number of thioether (sulfide) groups is 1. The predicted octanol–water partition coefficient (Wildman–Crippen LogP) is 5.75. The van der Waals surface area contributed by atoms with Crippen molar-refractivity contribution in [2.75, 3.05) is 16.8 Å². The van der Waals surface area contributed by atoms with E-state index in [4.69, 9.17) is 5.73 Å². The standard InChI is InChI=1S/C25H28N4OS/c1-3-31-20-6-4-17(5-7-20)10-25(30)29-24-13-19-11-18(12-23(26)22(19)15-28-24)21-14-27-9-8-16(21)2/h8-15,20H,3-7,26H2,1-2H3,(H,28,29,30). The second-order valence-corrected chi connectivity index (χ2v) is 9.57. The highest BCUT2D eigenvalue weighted by molar-refractivity contribution is 7.99. The molecule has 0 bridgehead atoms. The van der Waals surface area contributed by atoms with Gasteiger partial charge in [-0.25, -0.2) is 4.98 Å². The van der Waals surface area contributed by atoms with Crippen molar-refractivity contribution in [1.29, 1.82) is 0 Å². The summed E-state index contributed by atoms with van der Waals surface area (Å²) in [4.78, 5) is 21.2. The molecule has 5 nitrogen and oxygen atoms in total. The lowest BCUT2D eigenvalue weighted by atomic mass is 9.94. The molecule has 3 N–H and O–H groups in total. The lowest BCUT2D eigenvalue weighted by Crippen LogP contribution is -2.14. The van der Waals surface area contributed by atoms with Gasteiger partial charge >= 0.3 is 0 Å². The Hall–Kier alpha value is -2.86. The number of hydrogen-bond acceptors (Lipinski definition) is 5. The monoisotopic (exact) mass is 432 g/mol. The van der Waals surface area contributed by atoms with Crippen molar-refractivity contribution in [1.82, 2.24) is 9.97 Å². The SMILES string of the molecule is CCSC1CCC(=CC(=O)Nc2cc3cc(-c4cnccc4C)cc(N)c3cn2)CC1. The first-order chi connectivity index (χ1) is 15.0. The molecule has 2 aromatic heterocycles. The van der Waals surface area contributed by atoms with E-state index < -0.39 is 0 Å². The van der Waals surface area contributed by atoms with Crippen molar-refractivity contribution < 1.29 is 4.79 Å². The van der Waals surface area contributed by atoms with Gasteiger partial charge in [-0.2, -0.15) is 11.8 Å². The van der Waals surface area contributed by atoms with Crippen LogP contribution in [0.2, 0.25) is 0 Å². The number of nitrogens with one attached hydrogen (secondary N) is 1. The number of anilines is 2. The Morgan fingerprint density at radius 2 is 2.06 bits per heavy atom. The van der Waals surface area contributed by atoms with Gasteiger partial charge in [-0.05, 0) is 79.1 Å². The summed E-state index contributed by atoms with van der Waals surface area (Å²) in [7, 11) is 0. The van der Waals surface area contributed by atoms with Gasteiger partial charge in [0.15, 0.2) is 0 Å². The molecular formula is C25H28N4OS. The number of fused-ring (bicyclic) bond motifs is 1. The van der Waals surface area contributed by atoms with Crippen molar-refractivity contribution in [3.63, 3.8) is 0 Å². The molecule has 2 heterocycles. The molecule has 1 saturated carbocycles. The Kier molecular flexibility index (Phi) is 6.56. The third-order valence-corrected chi connectivity index (χ3v) is 7.06. The van der Waals surface area contributed by atoms with Crippen molar-refractivity contribution >= 4 is 39.9 Å². The summed E-state index contributed by atoms with van der Waals surface area (Å²) in [5.41, 5.74) is 11.4. The van der Waals surface area contributed by atoms with Gasteiger partial charge in [0, 0.05) is 46.6 Å². The maximum atomic E-state index is 12.6. The summed E-state index contributed by atoms with van der Waals surface area (Å²) >= 11 is 2.03. The largest absolute Gasteiger partial charge is 0.398 e. The number of carbonyl (C=O) groups excluding carboxylic acids is 1. The molecule has 1 aliphatic rings. The van der Waals surface area contributed by atoms with Crippen LogP contribution in [0.3, 0.4) is 0 Å². The molecule has 160 valence electrons. The Bertz CT molecular complexity index is 1130. The van der Waals surface area contributed by atoms with E-state index in [1.54, 1.807) is 18.5 Å². The van der Waals surface area contributed by atoms with Crippen LogP contribution in [-0.4, -0.2) is 26.9 Å². The minimum atomic E-state index is -0.115. The number of nitrogens with two attached hydrogens (primary N) is 1. The maximum absolute atomic E-state index is 12.6. The topological polar surface area (TPSA) is 80.9 Å². The molecule has 1 amide bonds. The van der Waals surface area contributed by atoms with E-state index in [1.807, 2.05) is 36.2 Å². The molecule has 6 heteroatoms. The zero-order valence-corrected chi connectivity index (χ0v) is 18.8. The number of aryl methyl sites for hydroxylation is 1. The fourth-order valence-corrected chi connectivity index (χ4v) is 5.17. The first kappa shape index (κ1) is 21.4. The van der Waals surface area contributed by atoms with E-state index >= 15 is 0 Å². The van der Waals surface area contributed by atoms with E-state index in [9.17, 15) is 4.79 Å².